The fourth-order valence-corrected chi connectivity index (χ4v) is 2.67. The van der Waals surface area contributed by atoms with Crippen LogP contribution in [0, 0.1) is 6.92 Å². The van der Waals surface area contributed by atoms with Crippen molar-refractivity contribution < 1.29 is 14.3 Å². The average molecular weight is 376 g/mol. The van der Waals surface area contributed by atoms with E-state index in [2.05, 4.69) is 5.32 Å². The fourth-order valence-electron chi connectivity index (χ4n) is 2.44. The smallest absolute Gasteiger partial charge is 0.261 e. The summed E-state index contributed by atoms with van der Waals surface area (Å²) in [6, 6.07) is 13.3. The Labute approximate surface area is 160 Å². The second-order valence-corrected chi connectivity index (χ2v) is 6.95. The van der Waals surface area contributed by atoms with Gasteiger partial charge < -0.3 is 14.8 Å². The van der Waals surface area contributed by atoms with E-state index in [-0.39, 0.29) is 12.0 Å². The molecule has 0 aliphatic rings. The van der Waals surface area contributed by atoms with Gasteiger partial charge in [0.15, 0.2) is 6.10 Å². The zero-order chi connectivity index (χ0) is 19.1. The SMILES string of the molecule is Cc1cc(Cl)ccc1OC(C)C(=O)NCc1ccccc1COC(C)C. The van der Waals surface area contributed by atoms with Gasteiger partial charge in [0, 0.05) is 11.6 Å². The number of nitrogens with one attached hydrogen (secondary N) is 1. The molecule has 2 aromatic carbocycles. The summed E-state index contributed by atoms with van der Waals surface area (Å²) in [5.74, 6) is 0.488. The van der Waals surface area contributed by atoms with Gasteiger partial charge in [0.1, 0.15) is 5.75 Å². The van der Waals surface area contributed by atoms with Crippen LogP contribution in [-0.2, 0) is 22.7 Å². The average Bonchev–Trinajstić information content (AvgIpc) is 2.60. The highest BCUT2D eigenvalue weighted by atomic mass is 35.5. The first kappa shape index (κ1) is 20.3. The molecule has 5 heteroatoms. The molecule has 140 valence electrons. The van der Waals surface area contributed by atoms with E-state index >= 15 is 0 Å². The number of halogens is 1. The maximum atomic E-state index is 12.4. The van der Waals surface area contributed by atoms with Gasteiger partial charge in [0.2, 0.25) is 0 Å². The molecule has 1 unspecified atom stereocenters. The van der Waals surface area contributed by atoms with Gasteiger partial charge >= 0.3 is 0 Å². The molecule has 1 N–H and O–H groups in total. The minimum Gasteiger partial charge on any atom is -0.481 e. The number of ether oxygens (including phenoxy) is 2. The van der Waals surface area contributed by atoms with Gasteiger partial charge in [-0.3, -0.25) is 4.79 Å². The van der Waals surface area contributed by atoms with Gasteiger partial charge in [-0.2, -0.15) is 0 Å². The Morgan fingerprint density at radius 1 is 1.12 bits per heavy atom. The largest absolute Gasteiger partial charge is 0.481 e. The van der Waals surface area contributed by atoms with E-state index in [1.54, 1.807) is 19.1 Å². The molecule has 1 atom stereocenters. The third-order valence-electron chi connectivity index (χ3n) is 3.95. The second kappa shape index (κ2) is 9.60. The molecule has 0 heterocycles. The first-order valence-corrected chi connectivity index (χ1v) is 9.13. The quantitative estimate of drug-likeness (QED) is 0.730. The molecule has 2 aromatic rings. The molecule has 0 aliphatic heterocycles. The number of carbonyl (C=O) groups is 1. The van der Waals surface area contributed by atoms with Crippen LogP contribution in [0.2, 0.25) is 5.02 Å². The number of hydrogen-bond acceptors (Lipinski definition) is 3. The van der Waals surface area contributed by atoms with E-state index in [0.29, 0.717) is 23.9 Å². The van der Waals surface area contributed by atoms with Crippen molar-refractivity contribution in [1.82, 2.24) is 5.32 Å². The third kappa shape index (κ3) is 6.04. The Kier molecular flexibility index (Phi) is 7.49. The van der Waals surface area contributed by atoms with Crippen molar-refractivity contribution in [3.63, 3.8) is 0 Å². The summed E-state index contributed by atoms with van der Waals surface area (Å²) in [4.78, 5) is 12.4. The maximum Gasteiger partial charge on any atom is 0.261 e. The topological polar surface area (TPSA) is 47.6 Å². The molecule has 0 fully saturated rings. The molecule has 0 aliphatic carbocycles. The summed E-state index contributed by atoms with van der Waals surface area (Å²) < 4.78 is 11.4. The lowest BCUT2D eigenvalue weighted by molar-refractivity contribution is -0.127. The number of aryl methyl sites for hydroxylation is 1. The first-order valence-electron chi connectivity index (χ1n) is 8.75. The van der Waals surface area contributed by atoms with Crippen LogP contribution in [0.1, 0.15) is 37.5 Å². The highest BCUT2D eigenvalue weighted by Crippen LogP contribution is 2.22. The van der Waals surface area contributed by atoms with Crippen LogP contribution < -0.4 is 10.1 Å². The van der Waals surface area contributed by atoms with Crippen LogP contribution in [0.25, 0.3) is 0 Å². The van der Waals surface area contributed by atoms with Crippen LogP contribution in [0.4, 0.5) is 0 Å². The Balaban J connectivity index is 1.93. The van der Waals surface area contributed by atoms with Crippen LogP contribution >= 0.6 is 11.6 Å². The minimum atomic E-state index is -0.603. The number of rotatable bonds is 8. The van der Waals surface area contributed by atoms with Gasteiger partial charge in [-0.15, -0.1) is 0 Å². The molecule has 4 nitrogen and oxygen atoms in total. The zero-order valence-corrected chi connectivity index (χ0v) is 16.5. The van der Waals surface area contributed by atoms with Crippen molar-refractivity contribution in [1.29, 1.82) is 0 Å². The summed E-state index contributed by atoms with van der Waals surface area (Å²) in [5.41, 5.74) is 3.01. The van der Waals surface area contributed by atoms with Gasteiger partial charge in [-0.25, -0.2) is 0 Å². The van der Waals surface area contributed by atoms with Crippen molar-refractivity contribution in [3.05, 3.63) is 64.2 Å². The van der Waals surface area contributed by atoms with Crippen LogP contribution in [-0.4, -0.2) is 18.1 Å². The third-order valence-corrected chi connectivity index (χ3v) is 4.19. The molecule has 0 radical (unpaired) electrons. The predicted molar refractivity (Wildman–Crippen MR) is 104 cm³/mol. The van der Waals surface area contributed by atoms with Crippen LogP contribution in [0.15, 0.2) is 42.5 Å². The summed E-state index contributed by atoms with van der Waals surface area (Å²) in [7, 11) is 0. The van der Waals surface area contributed by atoms with Crippen molar-refractivity contribution in [2.75, 3.05) is 0 Å². The second-order valence-electron chi connectivity index (χ2n) is 6.52. The van der Waals surface area contributed by atoms with E-state index in [4.69, 9.17) is 21.1 Å². The maximum absolute atomic E-state index is 12.4. The molecule has 0 aromatic heterocycles. The molecule has 1 amide bonds. The standard InChI is InChI=1S/C21H26ClNO3/c1-14(2)25-13-18-8-6-5-7-17(18)12-23-21(24)16(4)26-20-10-9-19(22)11-15(20)3/h5-11,14,16H,12-13H2,1-4H3,(H,23,24). The number of hydrogen-bond donors (Lipinski definition) is 1. The summed E-state index contributed by atoms with van der Waals surface area (Å²) in [6.45, 7) is 8.60. The van der Waals surface area contributed by atoms with Gasteiger partial charge in [0.05, 0.1) is 12.7 Å². The van der Waals surface area contributed by atoms with Crippen LogP contribution in [0.3, 0.4) is 0 Å². The van der Waals surface area contributed by atoms with Crippen molar-refractivity contribution in [2.24, 2.45) is 0 Å². The van der Waals surface area contributed by atoms with Gasteiger partial charge in [0.25, 0.3) is 5.91 Å². The predicted octanol–water partition coefficient (Wildman–Crippen LogP) is 4.66. The lowest BCUT2D eigenvalue weighted by Gasteiger charge is -2.17. The van der Waals surface area contributed by atoms with Gasteiger partial charge in [-0.05, 0) is 62.6 Å². The number of carbonyl (C=O) groups excluding carboxylic acids is 1. The lowest BCUT2D eigenvalue weighted by atomic mass is 10.1. The summed E-state index contributed by atoms with van der Waals surface area (Å²) >= 11 is 5.95. The van der Waals surface area contributed by atoms with Crippen molar-refractivity contribution in [3.8, 4) is 5.75 Å². The normalized spacial score (nSPS) is 12.1. The van der Waals surface area contributed by atoms with E-state index in [1.807, 2.05) is 51.1 Å². The Bertz CT molecular complexity index is 746. The van der Waals surface area contributed by atoms with Crippen molar-refractivity contribution in [2.45, 2.75) is 53.1 Å². The highest BCUT2D eigenvalue weighted by Gasteiger charge is 2.16. The van der Waals surface area contributed by atoms with Gasteiger partial charge in [-0.1, -0.05) is 35.9 Å². The molecule has 0 saturated carbocycles. The Hall–Kier alpha value is -2.04. The lowest BCUT2D eigenvalue weighted by Crippen LogP contribution is -2.36. The van der Waals surface area contributed by atoms with E-state index in [1.165, 1.54) is 0 Å². The molecule has 0 bridgehead atoms. The van der Waals surface area contributed by atoms with E-state index < -0.39 is 6.10 Å². The minimum absolute atomic E-state index is 0.161. The Morgan fingerprint density at radius 2 is 1.81 bits per heavy atom. The molecule has 0 saturated heterocycles. The molecular formula is C21H26ClNO3. The number of amides is 1. The van der Waals surface area contributed by atoms with E-state index in [0.717, 1.165) is 16.7 Å². The monoisotopic (exact) mass is 375 g/mol. The summed E-state index contributed by atoms with van der Waals surface area (Å²) in [5, 5.41) is 3.58. The molecule has 26 heavy (non-hydrogen) atoms. The summed E-state index contributed by atoms with van der Waals surface area (Å²) in [6.07, 6.45) is -0.442. The molecule has 2 rings (SSSR count). The number of benzene rings is 2. The fraction of sp³-hybridized carbons (Fsp3) is 0.381. The zero-order valence-electron chi connectivity index (χ0n) is 15.7. The molecular weight excluding hydrogens is 350 g/mol. The van der Waals surface area contributed by atoms with E-state index in [9.17, 15) is 4.79 Å². The molecule has 0 spiro atoms. The van der Waals surface area contributed by atoms with Crippen LogP contribution in [0.5, 0.6) is 5.75 Å². The highest BCUT2D eigenvalue weighted by molar-refractivity contribution is 6.30. The first-order chi connectivity index (χ1) is 12.4. The van der Waals surface area contributed by atoms with Crippen molar-refractivity contribution >= 4 is 17.5 Å². The Morgan fingerprint density at radius 3 is 2.46 bits per heavy atom.